The standard InChI is InChI=1S/C20H27N3O/c1-20(2,3)23-18-6-4-5-17(16(18)13-22-23)21-12-14-7-8-19-15(11-14)9-10-24-19/h7-8,11,13,17,21H,4-6,9-10,12H2,1-3H3/t17-/m0/s1. The van der Waals surface area contributed by atoms with E-state index in [0.717, 1.165) is 31.7 Å². The number of fused-ring (bicyclic) bond motifs is 2. The number of rotatable bonds is 3. The Morgan fingerprint density at radius 3 is 3.00 bits per heavy atom. The van der Waals surface area contributed by atoms with Crippen molar-refractivity contribution in [2.75, 3.05) is 6.61 Å². The van der Waals surface area contributed by atoms with E-state index in [2.05, 4.69) is 60.3 Å². The molecular formula is C20H27N3O. The third-order valence-corrected chi connectivity index (χ3v) is 5.12. The molecule has 0 amide bonds. The van der Waals surface area contributed by atoms with Crippen LogP contribution in [0.1, 0.15) is 62.0 Å². The molecule has 0 spiro atoms. The fourth-order valence-corrected chi connectivity index (χ4v) is 3.94. The molecule has 1 aromatic carbocycles. The number of nitrogens with zero attached hydrogens (tertiary/aromatic N) is 2. The minimum absolute atomic E-state index is 0.0510. The lowest BCUT2D eigenvalue weighted by atomic mass is 9.92. The molecule has 4 rings (SSSR count). The van der Waals surface area contributed by atoms with E-state index in [4.69, 9.17) is 4.74 Å². The van der Waals surface area contributed by atoms with Crippen molar-refractivity contribution in [2.24, 2.45) is 0 Å². The Labute approximate surface area is 144 Å². The Hall–Kier alpha value is -1.81. The normalized spacial score (nSPS) is 19.7. The summed E-state index contributed by atoms with van der Waals surface area (Å²) in [5.41, 5.74) is 5.54. The van der Waals surface area contributed by atoms with Crippen molar-refractivity contribution in [2.45, 2.75) is 64.6 Å². The summed E-state index contributed by atoms with van der Waals surface area (Å²) in [4.78, 5) is 0. The van der Waals surface area contributed by atoms with Gasteiger partial charge in [0.2, 0.25) is 0 Å². The lowest BCUT2D eigenvalue weighted by Crippen LogP contribution is -2.29. The van der Waals surface area contributed by atoms with Gasteiger partial charge in [-0.05, 0) is 57.2 Å². The van der Waals surface area contributed by atoms with Crippen molar-refractivity contribution in [3.63, 3.8) is 0 Å². The molecule has 0 unspecified atom stereocenters. The van der Waals surface area contributed by atoms with E-state index in [1.165, 1.54) is 35.2 Å². The fourth-order valence-electron chi connectivity index (χ4n) is 3.94. The SMILES string of the molecule is CC(C)(C)n1ncc2c1CCC[C@@H]2NCc1ccc2c(c1)CCO2. The molecule has 24 heavy (non-hydrogen) atoms. The molecule has 1 aliphatic heterocycles. The minimum Gasteiger partial charge on any atom is -0.493 e. The molecule has 2 aliphatic rings. The molecule has 1 aliphatic carbocycles. The summed E-state index contributed by atoms with van der Waals surface area (Å²) in [5, 5.41) is 8.44. The molecule has 128 valence electrons. The smallest absolute Gasteiger partial charge is 0.122 e. The first-order valence-corrected chi connectivity index (χ1v) is 9.07. The zero-order valence-corrected chi connectivity index (χ0v) is 14.9. The highest BCUT2D eigenvalue weighted by Gasteiger charge is 2.27. The molecule has 2 aromatic rings. The first kappa shape index (κ1) is 15.7. The Morgan fingerprint density at radius 2 is 2.17 bits per heavy atom. The zero-order valence-electron chi connectivity index (χ0n) is 14.9. The van der Waals surface area contributed by atoms with Gasteiger partial charge in [0, 0.05) is 30.3 Å². The van der Waals surface area contributed by atoms with Crippen molar-refractivity contribution in [3.8, 4) is 5.75 Å². The molecule has 0 radical (unpaired) electrons. The van der Waals surface area contributed by atoms with Gasteiger partial charge in [-0.3, -0.25) is 4.68 Å². The molecule has 2 heterocycles. The van der Waals surface area contributed by atoms with Crippen LogP contribution in [0.15, 0.2) is 24.4 Å². The van der Waals surface area contributed by atoms with Crippen LogP contribution < -0.4 is 10.1 Å². The van der Waals surface area contributed by atoms with Gasteiger partial charge in [-0.1, -0.05) is 12.1 Å². The predicted molar refractivity (Wildman–Crippen MR) is 95.4 cm³/mol. The Bertz CT molecular complexity index is 742. The number of hydrogen-bond donors (Lipinski definition) is 1. The summed E-state index contributed by atoms with van der Waals surface area (Å²) in [6.07, 6.45) is 6.67. The van der Waals surface area contributed by atoms with Gasteiger partial charge in [0.15, 0.2) is 0 Å². The number of nitrogens with one attached hydrogen (secondary N) is 1. The number of hydrogen-bond acceptors (Lipinski definition) is 3. The topological polar surface area (TPSA) is 39.1 Å². The average Bonchev–Trinajstić information content (AvgIpc) is 3.18. The quantitative estimate of drug-likeness (QED) is 0.934. The van der Waals surface area contributed by atoms with Crippen LogP contribution in [0, 0.1) is 0 Å². The predicted octanol–water partition coefficient (Wildman–Crippen LogP) is 3.74. The van der Waals surface area contributed by atoms with Crippen LogP contribution in [-0.4, -0.2) is 16.4 Å². The Balaban J connectivity index is 1.50. The highest BCUT2D eigenvalue weighted by atomic mass is 16.5. The number of aromatic nitrogens is 2. The van der Waals surface area contributed by atoms with Gasteiger partial charge in [-0.15, -0.1) is 0 Å². The third kappa shape index (κ3) is 2.84. The molecular weight excluding hydrogens is 298 g/mol. The van der Waals surface area contributed by atoms with Gasteiger partial charge in [0.05, 0.1) is 18.3 Å². The molecule has 0 fully saturated rings. The van der Waals surface area contributed by atoms with Crippen LogP contribution >= 0.6 is 0 Å². The lowest BCUT2D eigenvalue weighted by Gasteiger charge is -2.28. The summed E-state index contributed by atoms with van der Waals surface area (Å²) < 4.78 is 7.81. The summed E-state index contributed by atoms with van der Waals surface area (Å²) in [6.45, 7) is 8.40. The monoisotopic (exact) mass is 325 g/mol. The molecule has 4 heteroatoms. The highest BCUT2D eigenvalue weighted by Crippen LogP contribution is 2.33. The van der Waals surface area contributed by atoms with Crippen molar-refractivity contribution in [3.05, 3.63) is 46.8 Å². The van der Waals surface area contributed by atoms with E-state index in [-0.39, 0.29) is 5.54 Å². The van der Waals surface area contributed by atoms with Gasteiger partial charge in [-0.25, -0.2) is 0 Å². The van der Waals surface area contributed by atoms with Gasteiger partial charge < -0.3 is 10.1 Å². The summed E-state index contributed by atoms with van der Waals surface area (Å²) in [5.74, 6) is 1.06. The third-order valence-electron chi connectivity index (χ3n) is 5.12. The van der Waals surface area contributed by atoms with Crippen LogP contribution in [0.5, 0.6) is 5.75 Å². The van der Waals surface area contributed by atoms with Crippen molar-refractivity contribution < 1.29 is 4.74 Å². The summed E-state index contributed by atoms with van der Waals surface area (Å²) in [6, 6.07) is 7.00. The van der Waals surface area contributed by atoms with Crippen molar-refractivity contribution in [1.29, 1.82) is 0 Å². The molecule has 0 saturated carbocycles. The van der Waals surface area contributed by atoms with Crippen molar-refractivity contribution in [1.82, 2.24) is 15.1 Å². The summed E-state index contributed by atoms with van der Waals surface area (Å²) in [7, 11) is 0. The first-order chi connectivity index (χ1) is 11.5. The van der Waals surface area contributed by atoms with Gasteiger partial charge in [-0.2, -0.15) is 5.10 Å². The highest BCUT2D eigenvalue weighted by molar-refractivity contribution is 5.39. The number of ether oxygens (including phenoxy) is 1. The molecule has 0 bridgehead atoms. The molecule has 1 atom stereocenters. The van der Waals surface area contributed by atoms with Crippen LogP contribution in [0.4, 0.5) is 0 Å². The maximum atomic E-state index is 5.60. The molecule has 4 nitrogen and oxygen atoms in total. The minimum atomic E-state index is 0.0510. The fraction of sp³-hybridized carbons (Fsp3) is 0.550. The zero-order chi connectivity index (χ0) is 16.7. The van der Waals surface area contributed by atoms with E-state index < -0.39 is 0 Å². The van der Waals surface area contributed by atoms with Crippen LogP contribution in [0.3, 0.4) is 0 Å². The maximum Gasteiger partial charge on any atom is 0.122 e. The van der Waals surface area contributed by atoms with Crippen molar-refractivity contribution >= 4 is 0 Å². The van der Waals surface area contributed by atoms with Crippen LogP contribution in [0.25, 0.3) is 0 Å². The van der Waals surface area contributed by atoms with E-state index in [0.29, 0.717) is 6.04 Å². The molecule has 1 aromatic heterocycles. The van der Waals surface area contributed by atoms with E-state index in [1.807, 2.05) is 0 Å². The van der Waals surface area contributed by atoms with E-state index in [9.17, 15) is 0 Å². The van der Waals surface area contributed by atoms with E-state index in [1.54, 1.807) is 0 Å². The largest absolute Gasteiger partial charge is 0.493 e. The van der Waals surface area contributed by atoms with Crippen LogP contribution in [0.2, 0.25) is 0 Å². The van der Waals surface area contributed by atoms with Gasteiger partial charge in [0.1, 0.15) is 5.75 Å². The molecule has 1 N–H and O–H groups in total. The Morgan fingerprint density at radius 1 is 1.29 bits per heavy atom. The average molecular weight is 325 g/mol. The van der Waals surface area contributed by atoms with Crippen LogP contribution in [-0.2, 0) is 24.9 Å². The Kier molecular flexibility index (Phi) is 3.87. The molecule has 0 saturated heterocycles. The second kappa shape index (κ2) is 5.92. The first-order valence-electron chi connectivity index (χ1n) is 9.07. The number of benzene rings is 1. The van der Waals surface area contributed by atoms with E-state index >= 15 is 0 Å². The lowest BCUT2D eigenvalue weighted by molar-refractivity contribution is 0.334. The van der Waals surface area contributed by atoms with Gasteiger partial charge >= 0.3 is 0 Å². The van der Waals surface area contributed by atoms with Gasteiger partial charge in [0.25, 0.3) is 0 Å². The summed E-state index contributed by atoms with van der Waals surface area (Å²) >= 11 is 0. The maximum absolute atomic E-state index is 5.60. The second-order valence-corrected chi connectivity index (χ2v) is 8.00. The second-order valence-electron chi connectivity index (χ2n) is 8.00.